The highest BCUT2D eigenvalue weighted by Gasteiger charge is 2.28. The van der Waals surface area contributed by atoms with Crippen LogP contribution in [0.2, 0.25) is 0 Å². The highest BCUT2D eigenvalue weighted by molar-refractivity contribution is 5.84. The quantitative estimate of drug-likeness (QED) is 0.845. The number of fused-ring (bicyclic) bond motifs is 1. The van der Waals surface area contributed by atoms with Crippen LogP contribution in [-0.4, -0.2) is 60.7 Å². The molecule has 3 rings (SSSR count). The predicted octanol–water partition coefficient (Wildman–Crippen LogP) is 2.91. The van der Waals surface area contributed by atoms with Gasteiger partial charge in [-0.1, -0.05) is 30.3 Å². The summed E-state index contributed by atoms with van der Waals surface area (Å²) in [4.78, 5) is 27.7. The van der Waals surface area contributed by atoms with Crippen molar-refractivity contribution in [2.45, 2.75) is 20.0 Å². The molecule has 2 amide bonds. The fourth-order valence-electron chi connectivity index (χ4n) is 3.08. The number of carbonyl (C=O) groups excluding carboxylic acids is 2. The number of rotatable bonds is 4. The van der Waals surface area contributed by atoms with Gasteiger partial charge in [0.2, 0.25) is 0 Å². The molecule has 1 aliphatic heterocycles. The maximum Gasteiger partial charge on any atom is 0.409 e. The minimum Gasteiger partial charge on any atom is -0.481 e. The van der Waals surface area contributed by atoms with Gasteiger partial charge in [0.05, 0.1) is 6.61 Å². The molecular formula is C20H24N2O4. The minimum atomic E-state index is -0.578. The molecule has 0 saturated carbocycles. The van der Waals surface area contributed by atoms with Crippen molar-refractivity contribution in [2.24, 2.45) is 0 Å². The van der Waals surface area contributed by atoms with Gasteiger partial charge in [-0.2, -0.15) is 0 Å². The summed E-state index contributed by atoms with van der Waals surface area (Å²) in [6.45, 7) is 5.83. The van der Waals surface area contributed by atoms with E-state index in [1.165, 1.54) is 0 Å². The molecule has 1 fully saturated rings. The van der Waals surface area contributed by atoms with Gasteiger partial charge >= 0.3 is 6.09 Å². The molecule has 6 nitrogen and oxygen atoms in total. The first-order chi connectivity index (χ1) is 12.6. The van der Waals surface area contributed by atoms with Gasteiger partial charge in [0, 0.05) is 26.2 Å². The van der Waals surface area contributed by atoms with E-state index in [9.17, 15) is 9.59 Å². The molecule has 0 N–H and O–H groups in total. The molecule has 26 heavy (non-hydrogen) atoms. The lowest BCUT2D eigenvalue weighted by Gasteiger charge is -2.35. The summed E-state index contributed by atoms with van der Waals surface area (Å²) in [6.07, 6.45) is -0.898. The summed E-state index contributed by atoms with van der Waals surface area (Å²) < 4.78 is 10.9. The molecule has 0 bridgehead atoms. The Morgan fingerprint density at radius 3 is 2.35 bits per heavy atom. The Morgan fingerprint density at radius 2 is 1.65 bits per heavy atom. The van der Waals surface area contributed by atoms with Crippen molar-refractivity contribution in [3.63, 3.8) is 0 Å². The summed E-state index contributed by atoms with van der Waals surface area (Å²) in [6, 6.07) is 13.8. The summed E-state index contributed by atoms with van der Waals surface area (Å²) in [5, 5.41) is 2.21. The molecule has 6 heteroatoms. The third-order valence-electron chi connectivity index (χ3n) is 4.50. The van der Waals surface area contributed by atoms with Gasteiger partial charge in [-0.25, -0.2) is 4.79 Å². The van der Waals surface area contributed by atoms with Crippen LogP contribution in [0.1, 0.15) is 13.8 Å². The van der Waals surface area contributed by atoms with Crippen LogP contribution in [0.3, 0.4) is 0 Å². The number of hydrogen-bond donors (Lipinski definition) is 0. The monoisotopic (exact) mass is 356 g/mol. The van der Waals surface area contributed by atoms with Gasteiger partial charge in [-0.05, 0) is 36.8 Å². The summed E-state index contributed by atoms with van der Waals surface area (Å²) in [5.41, 5.74) is 0. The van der Waals surface area contributed by atoms with Crippen molar-refractivity contribution in [2.75, 3.05) is 32.8 Å². The van der Waals surface area contributed by atoms with Crippen molar-refractivity contribution >= 4 is 22.8 Å². The zero-order chi connectivity index (χ0) is 18.5. The van der Waals surface area contributed by atoms with E-state index in [1.54, 1.807) is 23.6 Å². The Labute approximate surface area is 153 Å². The van der Waals surface area contributed by atoms with E-state index in [-0.39, 0.29) is 12.0 Å². The topological polar surface area (TPSA) is 59.1 Å². The van der Waals surface area contributed by atoms with Gasteiger partial charge in [0.25, 0.3) is 5.91 Å². The van der Waals surface area contributed by atoms with E-state index in [0.29, 0.717) is 38.5 Å². The zero-order valence-electron chi connectivity index (χ0n) is 15.2. The summed E-state index contributed by atoms with van der Waals surface area (Å²) >= 11 is 0. The Bertz CT molecular complexity index is 784. The van der Waals surface area contributed by atoms with Crippen molar-refractivity contribution in [1.82, 2.24) is 9.80 Å². The van der Waals surface area contributed by atoms with Gasteiger partial charge in [0.15, 0.2) is 6.10 Å². The van der Waals surface area contributed by atoms with Crippen molar-refractivity contribution < 1.29 is 19.1 Å². The largest absolute Gasteiger partial charge is 0.481 e. The standard InChI is InChI=1S/C20H24N2O4/c1-3-25-20(24)22-12-10-21(11-13-22)19(23)15(2)26-18-9-8-16-6-4-5-7-17(16)14-18/h4-9,14-15H,3,10-13H2,1-2H3/t15-/m1/s1. The number of nitrogens with zero attached hydrogens (tertiary/aromatic N) is 2. The first-order valence-electron chi connectivity index (χ1n) is 8.94. The molecule has 1 saturated heterocycles. The number of carbonyl (C=O) groups is 2. The predicted molar refractivity (Wildman–Crippen MR) is 99.2 cm³/mol. The normalized spacial score (nSPS) is 15.6. The first-order valence-corrected chi connectivity index (χ1v) is 8.94. The maximum absolute atomic E-state index is 12.6. The molecule has 2 aromatic rings. The van der Waals surface area contributed by atoms with Gasteiger partial charge in [0.1, 0.15) is 5.75 Å². The van der Waals surface area contributed by atoms with E-state index in [4.69, 9.17) is 9.47 Å². The van der Waals surface area contributed by atoms with E-state index in [1.807, 2.05) is 42.5 Å². The maximum atomic E-state index is 12.6. The summed E-state index contributed by atoms with van der Waals surface area (Å²) in [7, 11) is 0. The van der Waals surface area contributed by atoms with E-state index in [0.717, 1.165) is 10.8 Å². The fraction of sp³-hybridized carbons (Fsp3) is 0.400. The molecule has 0 aliphatic carbocycles. The van der Waals surface area contributed by atoms with Crippen LogP contribution in [0.4, 0.5) is 4.79 Å². The second-order valence-corrected chi connectivity index (χ2v) is 6.28. The second kappa shape index (κ2) is 8.08. The highest BCUT2D eigenvalue weighted by Crippen LogP contribution is 2.22. The smallest absolute Gasteiger partial charge is 0.409 e. The lowest BCUT2D eigenvalue weighted by atomic mass is 10.1. The van der Waals surface area contributed by atoms with E-state index in [2.05, 4.69) is 0 Å². The number of piperazine rings is 1. The highest BCUT2D eigenvalue weighted by atomic mass is 16.6. The van der Waals surface area contributed by atoms with Crippen molar-refractivity contribution in [3.8, 4) is 5.75 Å². The first kappa shape index (κ1) is 18.0. The Hall–Kier alpha value is -2.76. The Morgan fingerprint density at radius 1 is 1.00 bits per heavy atom. The molecule has 0 radical (unpaired) electrons. The molecule has 0 aromatic heterocycles. The third kappa shape index (κ3) is 4.07. The lowest BCUT2D eigenvalue weighted by Crippen LogP contribution is -2.53. The number of benzene rings is 2. The fourth-order valence-corrected chi connectivity index (χ4v) is 3.08. The number of ether oxygens (including phenoxy) is 2. The Kier molecular flexibility index (Phi) is 5.61. The zero-order valence-corrected chi connectivity index (χ0v) is 15.2. The molecule has 2 aromatic carbocycles. The van der Waals surface area contributed by atoms with Crippen molar-refractivity contribution in [3.05, 3.63) is 42.5 Å². The van der Waals surface area contributed by atoms with Gasteiger partial charge in [-0.3, -0.25) is 4.79 Å². The van der Waals surface area contributed by atoms with Crippen LogP contribution in [0.5, 0.6) is 5.75 Å². The average molecular weight is 356 g/mol. The van der Waals surface area contributed by atoms with Crippen molar-refractivity contribution in [1.29, 1.82) is 0 Å². The lowest BCUT2D eigenvalue weighted by molar-refractivity contribution is -0.139. The van der Waals surface area contributed by atoms with Gasteiger partial charge < -0.3 is 19.3 Å². The van der Waals surface area contributed by atoms with Gasteiger partial charge in [-0.15, -0.1) is 0 Å². The number of hydrogen-bond acceptors (Lipinski definition) is 4. The molecule has 0 unspecified atom stereocenters. The molecular weight excluding hydrogens is 332 g/mol. The van der Waals surface area contributed by atoms with E-state index >= 15 is 0 Å². The van der Waals surface area contributed by atoms with Crippen LogP contribution in [-0.2, 0) is 9.53 Å². The van der Waals surface area contributed by atoms with Crippen LogP contribution >= 0.6 is 0 Å². The molecule has 138 valence electrons. The second-order valence-electron chi connectivity index (χ2n) is 6.28. The van der Waals surface area contributed by atoms with Crippen LogP contribution < -0.4 is 4.74 Å². The minimum absolute atomic E-state index is 0.0679. The van der Waals surface area contributed by atoms with Crippen LogP contribution in [0.15, 0.2) is 42.5 Å². The number of amides is 2. The SMILES string of the molecule is CCOC(=O)N1CCN(C(=O)[C@@H](C)Oc2ccc3ccccc3c2)CC1. The van der Waals surface area contributed by atoms with Crippen LogP contribution in [0.25, 0.3) is 10.8 Å². The molecule has 1 heterocycles. The van der Waals surface area contributed by atoms with E-state index < -0.39 is 6.10 Å². The average Bonchev–Trinajstić information content (AvgIpc) is 2.67. The summed E-state index contributed by atoms with van der Waals surface area (Å²) in [5.74, 6) is 0.608. The Balaban J connectivity index is 1.57. The molecule has 1 aliphatic rings. The molecule has 1 atom stereocenters. The molecule has 0 spiro atoms. The third-order valence-corrected chi connectivity index (χ3v) is 4.50. The van der Waals surface area contributed by atoms with Crippen LogP contribution in [0, 0.1) is 0 Å².